The van der Waals surface area contributed by atoms with Crippen molar-refractivity contribution in [2.45, 2.75) is 37.5 Å². The van der Waals surface area contributed by atoms with Gasteiger partial charge in [-0.3, -0.25) is 20.1 Å². The normalized spacial score (nSPS) is 7.95. The van der Waals surface area contributed by atoms with Crippen LogP contribution in [0.1, 0.15) is 33.6 Å². The minimum absolute atomic E-state index is 0. The molecule has 0 bridgehead atoms. The van der Waals surface area contributed by atoms with E-state index in [1.54, 1.807) is 0 Å². The summed E-state index contributed by atoms with van der Waals surface area (Å²) in [5, 5.41) is 0. The Morgan fingerprint density at radius 3 is 1.32 bits per heavy atom. The van der Waals surface area contributed by atoms with E-state index in [1.165, 1.54) is 18.6 Å². The average molecular weight is 1070 g/mol. The Morgan fingerprint density at radius 1 is 0.950 bits per heavy atom. The number of carbonyl (C=O) groups excluding carboxylic acids is 5. The number of primary amides is 2. The van der Waals surface area contributed by atoms with Crippen molar-refractivity contribution in [3.8, 4) is 0 Å². The van der Waals surface area contributed by atoms with E-state index in [0.717, 1.165) is 10.3 Å². The fourth-order valence-corrected chi connectivity index (χ4v) is 0.260. The molecule has 0 aliphatic carbocycles. The van der Waals surface area contributed by atoms with E-state index in [2.05, 4.69) is 135 Å². The molecule has 0 aliphatic rings. The summed E-state index contributed by atoms with van der Waals surface area (Å²) in [5.74, 6) is -1.09. The molecule has 0 radical (unpaired) electrons. The number of hydrogen-bond donors (Lipinski definition) is 8. The first kappa shape index (κ1) is 63.6. The van der Waals surface area contributed by atoms with E-state index in [1.807, 2.05) is 6.92 Å². The fourth-order valence-electron chi connectivity index (χ4n) is 0.260. The van der Waals surface area contributed by atoms with Crippen LogP contribution in [0.15, 0.2) is 9.98 Å². The average Bonchev–Trinajstić information content (AvgIpc) is 2.88. The standard InChI is InChI=1S/C4H9I.C3H4N2O2.C3H6N2O.C3H7.C2H6N2O.C2H8N2.C2H5NO2.3HI.H3N.V/c1-3-4(2)5;4-3(7)1-5-2-6;4-1-2-5-3-6;1-3-2;3-1-2(4)5;3-1-2-4;3-1-5-2-4;;;;;/h4H,3H2,1-2H3;1H2,(H2,4,7);1-2,4H2;1,3H2,2H3;1,3H2,(H2,4,5);1-4H2;2H,1,3H2;3*1H;1H3;/q;;;-1;;;;;;;;+3/p-3. The van der Waals surface area contributed by atoms with Crippen LogP contribution in [0.2, 0.25) is 0 Å². The van der Waals surface area contributed by atoms with Gasteiger partial charge in [0.05, 0.1) is 13.1 Å². The fraction of sp³-hybridized carbons (Fsp3) is 0.684. The van der Waals surface area contributed by atoms with Crippen LogP contribution in [-0.4, -0.2) is 80.4 Å². The molecule has 0 heterocycles. The Morgan fingerprint density at radius 2 is 1.27 bits per heavy atom. The number of nitrogens with two attached hydrogens (primary N) is 7. The summed E-state index contributed by atoms with van der Waals surface area (Å²) in [5.41, 5.74) is 33.2. The van der Waals surface area contributed by atoms with Gasteiger partial charge in [-0.25, -0.2) is 14.6 Å². The molecule has 0 fully saturated rings. The van der Waals surface area contributed by atoms with Gasteiger partial charge in [0.2, 0.25) is 24.0 Å². The van der Waals surface area contributed by atoms with Crippen molar-refractivity contribution in [2.75, 3.05) is 46.0 Å². The van der Waals surface area contributed by atoms with Crippen molar-refractivity contribution in [1.82, 2.24) is 6.15 Å². The summed E-state index contributed by atoms with van der Waals surface area (Å²) in [6.07, 6.45) is 4.83. The van der Waals surface area contributed by atoms with Gasteiger partial charge in [-0.1, -0.05) is 43.4 Å². The Kier molecular flexibility index (Phi) is 123. The predicted octanol–water partition coefficient (Wildman–Crippen LogP) is 0.765. The molecular weight excluding hydrogens is 1020 g/mol. The van der Waals surface area contributed by atoms with Crippen LogP contribution in [0.5, 0.6) is 0 Å². The topological polar surface area (TPSA) is 336 Å². The molecule has 0 saturated heterocycles. The summed E-state index contributed by atoms with van der Waals surface area (Å²) < 4.78 is 4.78. The van der Waals surface area contributed by atoms with Crippen molar-refractivity contribution in [1.29, 1.82) is 0 Å². The first-order valence-corrected chi connectivity index (χ1v) is 25.4. The number of amides is 2. The third-order valence-corrected chi connectivity index (χ3v) is 2.58. The monoisotopic (exact) mass is 1070 g/mol. The molecule has 17 N–H and O–H groups in total. The molecule has 0 saturated carbocycles. The molecule has 40 heavy (non-hydrogen) atoms. The van der Waals surface area contributed by atoms with E-state index in [9.17, 15) is 19.2 Å². The summed E-state index contributed by atoms with van der Waals surface area (Å²) in [6, 6.07) is 0. The number of halogens is 4. The maximum atomic E-state index is 9.71. The van der Waals surface area contributed by atoms with Gasteiger partial charge in [0.25, 0.3) is 6.47 Å². The number of hydrogen-bond acceptors (Lipinski definition) is 14. The van der Waals surface area contributed by atoms with Gasteiger partial charge in [0.15, 0.2) is 0 Å². The predicted molar refractivity (Wildman–Crippen MR) is 193 cm³/mol. The van der Waals surface area contributed by atoms with Crippen LogP contribution in [0, 0.1) is 6.92 Å². The van der Waals surface area contributed by atoms with Crippen molar-refractivity contribution in [2.24, 2.45) is 50.1 Å². The first-order chi connectivity index (χ1) is 18.2. The third kappa shape index (κ3) is 259. The summed E-state index contributed by atoms with van der Waals surface area (Å²) in [7, 11) is 0. The maximum absolute atomic E-state index is 9.71. The van der Waals surface area contributed by atoms with Crippen LogP contribution in [0.4, 0.5) is 0 Å². The van der Waals surface area contributed by atoms with E-state index < -0.39 is 11.8 Å². The molecular formula is C19H48I4N10O6V-. The molecule has 16 nitrogen and oxygen atoms in total. The Hall–Kier alpha value is 0.434. The molecule has 1 unspecified atom stereocenters. The second-order valence-corrected chi connectivity index (χ2v) is 42.7. The Balaban J connectivity index is -0.0000000395. The molecule has 21 heteroatoms. The number of isocyanates is 2. The van der Waals surface area contributed by atoms with Gasteiger partial charge in [-0.15, -0.1) is 0 Å². The summed E-state index contributed by atoms with van der Waals surface area (Å²) in [6.45, 7) is 11.9. The van der Waals surface area contributed by atoms with Crippen molar-refractivity contribution < 1.29 is 33.6 Å². The summed E-state index contributed by atoms with van der Waals surface area (Å²) in [4.78, 5) is 52.5. The SMILES string of the molecule is CCC(C)I.N.NC(=O)CN=C=O.NCC(N)=O.NCCN.NCCN=C=O.NCOC=O.[CH2-]CC.[I][V]([I])[I]. The van der Waals surface area contributed by atoms with Crippen molar-refractivity contribution in [3.05, 3.63) is 6.92 Å². The number of rotatable bonds is 9. The number of ether oxygens (including phenoxy) is 1. The number of carbonyl (C=O) groups is 3. The molecule has 244 valence electrons. The summed E-state index contributed by atoms with van der Waals surface area (Å²) >= 11 is 9.79. The second kappa shape index (κ2) is 77.4. The number of alkyl halides is 1. The molecule has 2 amide bonds. The van der Waals surface area contributed by atoms with Crippen LogP contribution in [0.25, 0.3) is 0 Å². The van der Waals surface area contributed by atoms with Gasteiger partial charge in [-0.05, 0) is 6.42 Å². The molecule has 1 atom stereocenters. The molecule has 0 aromatic rings. The first-order valence-electron chi connectivity index (χ1n) is 10.6. The number of aliphatic imine (C=N–C) groups is 2. The van der Waals surface area contributed by atoms with Gasteiger partial charge in [0, 0.05) is 23.6 Å². The van der Waals surface area contributed by atoms with Gasteiger partial charge in [0.1, 0.15) is 13.3 Å². The van der Waals surface area contributed by atoms with Crippen LogP contribution < -0.4 is 46.3 Å². The van der Waals surface area contributed by atoms with Gasteiger partial charge >= 0.3 is 64.9 Å². The molecule has 0 aromatic carbocycles. The van der Waals surface area contributed by atoms with Crippen LogP contribution >= 0.6 is 82.5 Å². The van der Waals surface area contributed by atoms with Crippen LogP contribution in [0.3, 0.4) is 0 Å². The quantitative estimate of drug-likeness (QED) is 0.0302. The van der Waals surface area contributed by atoms with E-state index in [-0.39, 0.29) is 30.9 Å². The van der Waals surface area contributed by atoms with Gasteiger partial charge < -0.3 is 52.2 Å². The zero-order chi connectivity index (χ0) is 32.9. The Bertz CT molecular complexity index is 559. The van der Waals surface area contributed by atoms with Crippen LogP contribution in [-0.2, 0) is 33.6 Å². The number of nitrogens with zero attached hydrogens (tertiary/aromatic N) is 2. The third-order valence-electron chi connectivity index (χ3n) is 1.70. The van der Waals surface area contributed by atoms with E-state index >= 15 is 0 Å². The minimum atomic E-state index is -0.622. The van der Waals surface area contributed by atoms with Gasteiger partial charge in [-0.2, -0.15) is 11.4 Å². The molecule has 0 rings (SSSR count). The Labute approximate surface area is 290 Å². The van der Waals surface area contributed by atoms with Crippen molar-refractivity contribution >= 4 is 113 Å². The second-order valence-electron chi connectivity index (χ2n) is 5.19. The zero-order valence-corrected chi connectivity index (χ0v) is 33.3. The molecule has 0 spiro atoms. The van der Waals surface area contributed by atoms with Crippen molar-refractivity contribution in [3.63, 3.8) is 0 Å². The van der Waals surface area contributed by atoms with E-state index in [0.29, 0.717) is 32.7 Å². The van der Waals surface area contributed by atoms with E-state index in [4.69, 9.17) is 27.7 Å². The zero-order valence-electron chi connectivity index (χ0n) is 23.3. The molecule has 0 aliphatic heterocycles. The molecule has 0 aromatic heterocycles.